The fraction of sp³-hybridized carbons (Fsp3) is 0.185. The molecule has 1 amide bonds. The number of amides is 1. The number of rotatable bonds is 10. The van der Waals surface area contributed by atoms with Crippen molar-refractivity contribution in [1.29, 1.82) is 0 Å². The summed E-state index contributed by atoms with van der Waals surface area (Å²) in [4.78, 5) is 41.3. The highest BCUT2D eigenvalue weighted by molar-refractivity contribution is 9.10. The number of nitro groups is 1. The maximum atomic E-state index is 13.4. The zero-order chi connectivity index (χ0) is 28.8. The Morgan fingerprint density at radius 3 is 2.75 bits per heavy atom. The van der Waals surface area contributed by atoms with E-state index in [0.717, 1.165) is 10.7 Å². The zero-order valence-electron chi connectivity index (χ0n) is 21.4. The Morgan fingerprint density at radius 1 is 1.25 bits per heavy atom. The number of carbonyl (C=O) groups excluding carboxylic acids is 1. The number of nitrogens with zero attached hydrogens (tertiary/aromatic N) is 4. The summed E-state index contributed by atoms with van der Waals surface area (Å²) in [6.45, 7) is 1.34. The number of hydrogen-bond acceptors (Lipinski definition) is 8. The Balaban J connectivity index is 1.65. The molecule has 0 radical (unpaired) electrons. The van der Waals surface area contributed by atoms with E-state index in [1.165, 1.54) is 43.7 Å². The minimum absolute atomic E-state index is 0.0316. The number of fused-ring (bicyclic) bond motifs is 1. The number of benzene rings is 3. The summed E-state index contributed by atoms with van der Waals surface area (Å²) in [5, 5.41) is 19.0. The molecule has 1 heterocycles. The second-order valence-electron chi connectivity index (χ2n) is 8.48. The summed E-state index contributed by atoms with van der Waals surface area (Å²) in [5.74, 6) is -1.07. The lowest BCUT2D eigenvalue weighted by atomic mass is 10.2. The molecule has 0 fully saturated rings. The third-order valence-corrected chi connectivity index (χ3v) is 6.09. The number of nitrogens with one attached hydrogen (secondary N) is 1. The Bertz CT molecular complexity index is 1690. The van der Waals surface area contributed by atoms with Crippen LogP contribution in [0.2, 0.25) is 0 Å². The second kappa shape index (κ2) is 12.5. The molecule has 0 unspecified atom stereocenters. The van der Waals surface area contributed by atoms with Crippen molar-refractivity contribution in [2.75, 3.05) is 19.0 Å². The number of carbonyl (C=O) groups is 1. The van der Waals surface area contributed by atoms with E-state index >= 15 is 0 Å². The van der Waals surface area contributed by atoms with Gasteiger partial charge >= 0.3 is 5.69 Å². The summed E-state index contributed by atoms with van der Waals surface area (Å²) in [6.07, 6.45) is 2.47. The van der Waals surface area contributed by atoms with Crippen molar-refractivity contribution in [3.63, 3.8) is 0 Å². The molecule has 0 atom stereocenters. The number of anilines is 1. The largest absolute Gasteiger partial charge is 0.493 e. The van der Waals surface area contributed by atoms with E-state index in [1.807, 2.05) is 6.92 Å². The Kier molecular flexibility index (Phi) is 8.84. The van der Waals surface area contributed by atoms with Gasteiger partial charge in [-0.15, -0.1) is 0 Å². The molecule has 0 saturated heterocycles. The first-order chi connectivity index (χ1) is 19.2. The van der Waals surface area contributed by atoms with Gasteiger partial charge in [0.05, 0.1) is 29.2 Å². The highest BCUT2D eigenvalue weighted by atomic mass is 79.9. The number of nitro benzene ring substituents is 1. The summed E-state index contributed by atoms with van der Waals surface area (Å²) in [5.41, 5.74) is 0.0970. The van der Waals surface area contributed by atoms with Crippen molar-refractivity contribution in [2.24, 2.45) is 5.10 Å². The van der Waals surface area contributed by atoms with Crippen LogP contribution in [-0.2, 0) is 11.2 Å². The third-order valence-electron chi connectivity index (χ3n) is 5.60. The molecule has 0 aliphatic rings. The molecule has 40 heavy (non-hydrogen) atoms. The van der Waals surface area contributed by atoms with Gasteiger partial charge in [0.1, 0.15) is 11.6 Å². The van der Waals surface area contributed by atoms with Crippen LogP contribution in [0, 0.1) is 15.9 Å². The molecule has 3 aromatic carbocycles. The van der Waals surface area contributed by atoms with Gasteiger partial charge in [0.25, 0.3) is 11.5 Å². The highest BCUT2D eigenvalue weighted by Crippen LogP contribution is 2.38. The fourth-order valence-corrected chi connectivity index (χ4v) is 4.20. The second-order valence-corrected chi connectivity index (χ2v) is 9.39. The number of ether oxygens (including phenoxy) is 2. The first-order valence-electron chi connectivity index (χ1n) is 12.0. The van der Waals surface area contributed by atoms with Crippen LogP contribution in [0.25, 0.3) is 10.9 Å². The molecule has 1 aromatic heterocycles. The molecule has 1 N–H and O–H groups in total. The molecule has 0 saturated carbocycles. The number of hydrogen-bond donors (Lipinski definition) is 1. The molecule has 0 aliphatic heterocycles. The maximum Gasteiger partial charge on any atom is 0.315 e. The molecule has 206 valence electrons. The summed E-state index contributed by atoms with van der Waals surface area (Å²) in [7, 11) is 1.29. The van der Waals surface area contributed by atoms with Gasteiger partial charge in [0.2, 0.25) is 5.75 Å². The molecule has 13 heteroatoms. The van der Waals surface area contributed by atoms with Crippen LogP contribution in [-0.4, -0.2) is 40.4 Å². The molecule has 4 aromatic rings. The van der Waals surface area contributed by atoms with Crippen LogP contribution in [0.5, 0.6) is 11.5 Å². The van der Waals surface area contributed by atoms with Gasteiger partial charge in [-0.2, -0.15) is 9.78 Å². The predicted molar refractivity (Wildman–Crippen MR) is 151 cm³/mol. The molecule has 0 aliphatic carbocycles. The van der Waals surface area contributed by atoms with E-state index in [0.29, 0.717) is 34.0 Å². The van der Waals surface area contributed by atoms with Gasteiger partial charge in [-0.1, -0.05) is 28.9 Å². The average molecular weight is 612 g/mol. The van der Waals surface area contributed by atoms with Gasteiger partial charge in [-0.3, -0.25) is 19.7 Å². The molecule has 0 bridgehead atoms. The Labute approximate surface area is 235 Å². The summed E-state index contributed by atoms with van der Waals surface area (Å²) in [6, 6.07) is 13.0. The molecular weight excluding hydrogens is 589 g/mol. The maximum absolute atomic E-state index is 13.4. The fourth-order valence-electron chi connectivity index (χ4n) is 3.84. The SMILES string of the molecule is CCCc1nc2ccc(Br)cc2c(=O)n1N=Cc1cc(OC)c(OCC(=O)Nc2cccc(F)c2)c([N+](=O)[O-])c1. The van der Waals surface area contributed by atoms with E-state index in [-0.39, 0.29) is 22.7 Å². The molecule has 4 rings (SSSR count). The summed E-state index contributed by atoms with van der Waals surface area (Å²) < 4.78 is 26.0. The highest BCUT2D eigenvalue weighted by Gasteiger charge is 2.23. The first kappa shape index (κ1) is 28.4. The van der Waals surface area contributed by atoms with Crippen LogP contribution in [0.15, 0.2) is 69.0 Å². The van der Waals surface area contributed by atoms with Crippen LogP contribution in [0.4, 0.5) is 15.8 Å². The zero-order valence-corrected chi connectivity index (χ0v) is 23.0. The van der Waals surface area contributed by atoms with Gasteiger partial charge in [-0.25, -0.2) is 9.37 Å². The van der Waals surface area contributed by atoms with Gasteiger partial charge in [-0.05, 0) is 48.9 Å². The third kappa shape index (κ3) is 6.49. The van der Waals surface area contributed by atoms with E-state index < -0.39 is 34.5 Å². The molecular formula is C27H23BrFN5O6. The van der Waals surface area contributed by atoms with E-state index in [1.54, 1.807) is 18.2 Å². The van der Waals surface area contributed by atoms with Crippen LogP contribution in [0.3, 0.4) is 0 Å². The minimum atomic E-state index is -0.691. The van der Waals surface area contributed by atoms with E-state index in [4.69, 9.17) is 9.47 Å². The summed E-state index contributed by atoms with van der Waals surface area (Å²) >= 11 is 3.36. The monoisotopic (exact) mass is 611 g/mol. The Hall–Kier alpha value is -4.65. The van der Waals surface area contributed by atoms with Crippen molar-refractivity contribution >= 4 is 50.3 Å². The number of aryl methyl sites for hydroxylation is 1. The van der Waals surface area contributed by atoms with Crippen LogP contribution < -0.4 is 20.3 Å². The number of halogens is 2. The van der Waals surface area contributed by atoms with Crippen molar-refractivity contribution in [3.05, 3.63) is 96.7 Å². The lowest BCUT2D eigenvalue weighted by Gasteiger charge is -2.12. The van der Waals surface area contributed by atoms with Crippen molar-refractivity contribution in [3.8, 4) is 11.5 Å². The first-order valence-corrected chi connectivity index (χ1v) is 12.8. The normalized spacial score (nSPS) is 11.1. The minimum Gasteiger partial charge on any atom is -0.493 e. The lowest BCUT2D eigenvalue weighted by molar-refractivity contribution is -0.385. The van der Waals surface area contributed by atoms with Crippen molar-refractivity contribution < 1.29 is 23.6 Å². The molecule has 0 spiro atoms. The molecule has 11 nitrogen and oxygen atoms in total. The van der Waals surface area contributed by atoms with Crippen molar-refractivity contribution in [1.82, 2.24) is 9.66 Å². The quantitative estimate of drug-likeness (QED) is 0.150. The Morgan fingerprint density at radius 2 is 2.05 bits per heavy atom. The van der Waals surface area contributed by atoms with Crippen molar-refractivity contribution in [2.45, 2.75) is 19.8 Å². The van der Waals surface area contributed by atoms with Crippen LogP contribution in [0.1, 0.15) is 24.7 Å². The smallest absolute Gasteiger partial charge is 0.315 e. The number of methoxy groups -OCH3 is 1. The van der Waals surface area contributed by atoms with Gasteiger partial charge in [0.15, 0.2) is 12.4 Å². The van der Waals surface area contributed by atoms with Gasteiger partial charge in [0, 0.05) is 28.2 Å². The van der Waals surface area contributed by atoms with E-state index in [9.17, 15) is 24.1 Å². The standard InChI is InChI=1S/C27H23BrFN5O6/c1-3-5-24-32-21-9-8-17(28)12-20(21)27(36)33(24)30-14-16-10-22(34(37)38)26(23(11-16)39-2)40-15-25(35)31-19-7-4-6-18(29)13-19/h4,6-14H,3,5,15H2,1-2H3,(H,31,35). The number of aromatic nitrogens is 2. The lowest BCUT2D eigenvalue weighted by Crippen LogP contribution is -2.22. The average Bonchev–Trinajstić information content (AvgIpc) is 2.92. The van der Waals surface area contributed by atoms with Gasteiger partial charge < -0.3 is 14.8 Å². The van der Waals surface area contributed by atoms with Crippen LogP contribution >= 0.6 is 15.9 Å². The predicted octanol–water partition coefficient (Wildman–Crippen LogP) is 5.07. The van der Waals surface area contributed by atoms with E-state index in [2.05, 4.69) is 31.3 Å². The topological polar surface area (TPSA) is 138 Å².